The monoisotopic (exact) mass is 3040 g/mol. The van der Waals surface area contributed by atoms with Crippen LogP contribution in [0.1, 0.15) is 6.92 Å². The van der Waals surface area contributed by atoms with Gasteiger partial charge in [-0.3, -0.25) is 49.8 Å². The van der Waals surface area contributed by atoms with Gasteiger partial charge in [0.2, 0.25) is 0 Å². The number of aliphatic carboxylic acids is 1. The molecular formula is C52H49Mo12N10O44PZn5-64. The van der Waals surface area contributed by atoms with Gasteiger partial charge in [0.25, 0.3) is 0 Å². The van der Waals surface area contributed by atoms with Gasteiger partial charge in [0, 0.05) is 321 Å². The maximum absolute atomic E-state index is 8.89. The van der Waals surface area contributed by atoms with Crippen LogP contribution in [-0.4, -0.2) is 77.7 Å². The standard InChI is InChI=1S/5C10H8N2.C2H4O2.12Mo.H3O4P.4H2O.34O.5Zn/c5*1-3-7-11-9(5-1)10-6-2-4-8-12-10;1-2(3)4;;;;;;;;;;;;;1-5(2,3)4;;;;;;;;;;;;;;;;;;;;;;;;;;;;;;;;;;;;;;;;;;;/h5*1-8H;1H3,(H,3,4);;;;;;;;;;;;;(H3,1,2,3,4);4*1H2;;;;;;;;;;;;;;;;;;;;;;;;;;;;;;;;;;;;;;;/q;;;;;;;;;;;;;;;;;;;;;;;34*-2;5*+2/p-6. The van der Waals surface area contributed by atoms with E-state index in [4.69, 9.17) is 29.1 Å². The average molecular weight is 3030 g/mol. The number of carboxylic acid groups (broad SMARTS) is 1. The number of carbonyl (C=O) groups excluding carboxylic acids is 1. The Kier molecular flexibility index (Phi) is 674. The van der Waals surface area contributed by atoms with Crippen molar-refractivity contribution in [1.29, 1.82) is 0 Å². The van der Waals surface area contributed by atoms with Crippen molar-refractivity contribution in [1.82, 2.24) is 49.8 Å². The summed E-state index contributed by atoms with van der Waals surface area (Å²) in [4.78, 5) is 76.4. The number of carbonyl (C=O) groups is 1. The number of carboxylic acids is 1. The minimum Gasteiger partial charge on any atom is -2.00 e. The second-order valence-corrected chi connectivity index (χ2v) is 14.0. The Morgan fingerprint density at radius 1 is 0.202 bits per heavy atom. The van der Waals surface area contributed by atoms with Crippen LogP contribution in [0.3, 0.4) is 0 Å². The number of hydrogen-bond donors (Lipinski definition) is 0. The molecule has 0 aliphatic heterocycles. The van der Waals surface area contributed by atoms with Gasteiger partial charge in [0.1, 0.15) is 0 Å². The summed E-state index contributed by atoms with van der Waals surface area (Å²) in [6.45, 7) is 0.972. The van der Waals surface area contributed by atoms with Crippen LogP contribution in [0.5, 0.6) is 0 Å². The van der Waals surface area contributed by atoms with E-state index in [1.165, 1.54) is 0 Å². The smallest absolute Gasteiger partial charge is 2.00 e. The second kappa shape index (κ2) is 232. The molecule has 0 bridgehead atoms. The zero-order valence-corrected chi connectivity index (χ0v) is 101. The Morgan fingerprint density at radius 3 is 0.282 bits per heavy atom. The summed E-state index contributed by atoms with van der Waals surface area (Å²) in [6, 6.07) is 58.0. The van der Waals surface area contributed by atoms with Crippen molar-refractivity contribution in [3.63, 3.8) is 0 Å². The van der Waals surface area contributed by atoms with Crippen molar-refractivity contribution in [2.75, 3.05) is 0 Å². The number of pyridine rings is 10. The molecule has 72 heteroatoms. The van der Waals surface area contributed by atoms with E-state index in [2.05, 4.69) is 49.8 Å². The van der Waals surface area contributed by atoms with E-state index in [0.717, 1.165) is 63.9 Å². The molecule has 722 valence electrons. The molecule has 6 N–H and O–H groups in total. The number of rotatable bonds is 5. The van der Waals surface area contributed by atoms with Crippen LogP contribution in [0.4, 0.5) is 0 Å². The Bertz CT molecular complexity index is 2420. The van der Waals surface area contributed by atoms with Gasteiger partial charge in [-0.2, -0.15) is 7.82 Å². The Labute approximate surface area is 946 Å². The van der Waals surface area contributed by atoms with Crippen LogP contribution in [0, 0.1) is 0 Å². The van der Waals surface area contributed by atoms with Gasteiger partial charge in [-0.1, -0.05) is 60.7 Å². The third-order valence-corrected chi connectivity index (χ3v) is 7.96. The van der Waals surface area contributed by atoms with E-state index in [0.29, 0.717) is 0 Å². The van der Waals surface area contributed by atoms with Gasteiger partial charge in [-0.25, -0.2) is 0 Å². The number of aromatic nitrogens is 10. The number of nitrogens with zero attached hydrogens (tertiary/aromatic N) is 10. The summed E-state index contributed by atoms with van der Waals surface area (Å²) >= 11 is 0. The van der Waals surface area contributed by atoms with Crippen molar-refractivity contribution in [2.24, 2.45) is 0 Å². The summed E-state index contributed by atoms with van der Waals surface area (Å²) in [5.41, 5.74) is 9.15. The quantitative estimate of drug-likeness (QED) is 0.168. The van der Waals surface area contributed by atoms with Gasteiger partial charge < -0.3 is 237 Å². The molecule has 10 heterocycles. The van der Waals surface area contributed by atoms with Crippen LogP contribution in [0.25, 0.3) is 56.9 Å². The third-order valence-electron chi connectivity index (χ3n) is 7.96. The summed E-state index contributed by atoms with van der Waals surface area (Å²) in [6.07, 6.45) is 17.7. The second-order valence-electron chi connectivity index (χ2n) is 13.1. The zero-order chi connectivity index (χ0) is 49.2. The van der Waals surface area contributed by atoms with Gasteiger partial charge in [-0.05, 0) is 128 Å². The Balaban J connectivity index is -0.00000000920. The SMILES string of the molecule is CC(=O)[O-].O.O.O=P([O-])([O-])[O-].[Mo].[Mo].[Mo].[Mo].[Mo].[Mo].[Mo].[Mo].[Mo].[Mo].[Mo].[Mo].[O-2].[O-2].[O-2].[O-2].[O-2].[O-2].[O-2].[O-2].[O-2].[O-2].[O-2].[O-2].[O-2].[O-2].[O-2].[O-2].[O-2].[O-2].[O-2].[O-2].[O-2].[O-2].[O-2].[O-2].[O-2].[O-2].[O-2].[O-2].[O-2].[O-2].[O-2].[O-2].[O-2].[O-2].[OH-].[OH-].[Zn+2].[Zn+2].[Zn+2].[Zn+2].[Zn+2].c1ccc(-c2ccccn2)nc1.c1ccc(-c2ccccn2)nc1.c1ccc(-c2ccccn2)nc1.c1ccc(-c2ccccn2)nc1.c1ccc(-c2ccccn2)nc1. The molecule has 0 fully saturated rings. The van der Waals surface area contributed by atoms with Gasteiger partial charge in [0.15, 0.2) is 0 Å². The van der Waals surface area contributed by atoms with Crippen LogP contribution in [-0.2, 0) is 546 Å². The van der Waals surface area contributed by atoms with E-state index in [-0.39, 0.29) is 558 Å². The maximum Gasteiger partial charge on any atom is 2.00 e. The molecule has 0 radical (unpaired) electrons. The molecule has 0 atom stereocenters. The first-order valence-electron chi connectivity index (χ1n) is 20.6. The fourth-order valence-corrected chi connectivity index (χ4v) is 5.14. The molecule has 0 saturated carbocycles. The molecule has 54 nitrogen and oxygen atoms in total. The van der Waals surface area contributed by atoms with Crippen molar-refractivity contribution in [3.05, 3.63) is 244 Å². The van der Waals surface area contributed by atoms with E-state index < -0.39 is 13.8 Å². The molecule has 0 unspecified atom stereocenters. The Morgan fingerprint density at radius 2 is 0.250 bits per heavy atom. The largest absolute Gasteiger partial charge is 2.00 e. The van der Waals surface area contributed by atoms with Gasteiger partial charge >= 0.3 is 97.4 Å². The summed E-state index contributed by atoms with van der Waals surface area (Å²) in [5, 5.41) is 8.89. The summed E-state index contributed by atoms with van der Waals surface area (Å²) in [5.74, 6) is -1.08. The topological polar surface area (TPSA) is 1350 Å². The first-order valence-corrected chi connectivity index (χ1v) is 22.1. The molecular weight excluding hydrogens is 2980 g/mol. The molecule has 0 saturated heterocycles. The fourth-order valence-electron chi connectivity index (χ4n) is 5.14. The molecule has 10 rings (SSSR count). The van der Waals surface area contributed by atoms with E-state index >= 15 is 0 Å². The van der Waals surface area contributed by atoms with Crippen LogP contribution in [0.2, 0.25) is 0 Å². The molecule has 0 aliphatic rings. The molecule has 0 amide bonds. The van der Waals surface area contributed by atoms with Crippen LogP contribution in [0.15, 0.2) is 244 Å². The molecule has 124 heavy (non-hydrogen) atoms. The summed E-state index contributed by atoms with van der Waals surface area (Å²) < 4.78 is 8.55. The zero-order valence-electron chi connectivity index (χ0n) is 61.2. The van der Waals surface area contributed by atoms with Crippen LogP contribution >= 0.6 is 7.82 Å². The first-order chi connectivity index (χ1) is 33.6. The first kappa shape index (κ1) is 361. The normalized spacial score (nSPS) is 5.35. The third kappa shape index (κ3) is 179. The van der Waals surface area contributed by atoms with Crippen molar-refractivity contribution in [2.45, 2.75) is 6.92 Å². The number of phosphoric acid groups is 1. The molecule has 10 aromatic rings. The Hall–Kier alpha value is 0.937. The average Bonchev–Trinajstić information content (AvgIpc) is 3.41. The molecule has 0 aliphatic carbocycles. The van der Waals surface area contributed by atoms with E-state index in [1.54, 1.807) is 62.0 Å². The predicted molar refractivity (Wildman–Crippen MR) is 290 cm³/mol. The minimum atomic E-state index is -5.39. The molecule has 10 aromatic heterocycles. The molecule has 0 spiro atoms. The van der Waals surface area contributed by atoms with Crippen molar-refractivity contribution < 1.29 is 587 Å². The fraction of sp³-hybridized carbons (Fsp3) is 0.0192. The minimum absolute atomic E-state index is 0. The van der Waals surface area contributed by atoms with Gasteiger partial charge in [0.05, 0.1) is 56.9 Å². The predicted octanol–water partition coefficient (Wildman–Crippen LogP) is 0.565. The number of hydrogen-bond acceptors (Lipinski definition) is 18. The summed E-state index contributed by atoms with van der Waals surface area (Å²) in [7, 11) is -5.39. The maximum atomic E-state index is 8.89. The van der Waals surface area contributed by atoms with Gasteiger partial charge in [-0.15, -0.1) is 0 Å². The molecule has 0 aromatic carbocycles. The van der Waals surface area contributed by atoms with Crippen LogP contribution < -0.4 is 19.8 Å². The van der Waals surface area contributed by atoms with E-state index in [1.807, 2.05) is 182 Å². The van der Waals surface area contributed by atoms with Crippen molar-refractivity contribution in [3.8, 4) is 56.9 Å². The van der Waals surface area contributed by atoms with E-state index in [9.17, 15) is 0 Å². The van der Waals surface area contributed by atoms with Crippen molar-refractivity contribution >= 4 is 13.8 Å².